The third kappa shape index (κ3) is 4.36. The summed E-state index contributed by atoms with van der Waals surface area (Å²) in [6.07, 6.45) is 0.740. The van der Waals surface area contributed by atoms with E-state index in [4.69, 9.17) is 21.1 Å². The molecule has 0 aromatic heterocycles. The maximum Gasteiger partial charge on any atom is 0.306 e. The fourth-order valence-corrected chi connectivity index (χ4v) is 2.22. The first-order chi connectivity index (χ1) is 10.2. The van der Waals surface area contributed by atoms with Gasteiger partial charge in [0.05, 0.1) is 5.88 Å². The number of ether oxygens (including phenoxy) is 2. The summed E-state index contributed by atoms with van der Waals surface area (Å²) in [6, 6.07) is 13.9. The highest BCUT2D eigenvalue weighted by molar-refractivity contribution is 6.18. The molecule has 0 amide bonds. The maximum atomic E-state index is 11.5. The van der Waals surface area contributed by atoms with Crippen LogP contribution in [-0.2, 0) is 9.53 Å². The van der Waals surface area contributed by atoms with Gasteiger partial charge in [-0.2, -0.15) is 0 Å². The number of hydrogen-bond donors (Lipinski definition) is 0. The van der Waals surface area contributed by atoms with Crippen LogP contribution in [0, 0.1) is 0 Å². The molecule has 2 aromatic carbocycles. The van der Waals surface area contributed by atoms with E-state index in [1.54, 1.807) is 0 Å². The zero-order chi connectivity index (χ0) is 15.1. The Hall–Kier alpha value is -1.74. The zero-order valence-electron chi connectivity index (χ0n) is 12.0. The molecule has 0 N–H and O–H groups in total. The molecule has 2 rings (SSSR count). The topological polar surface area (TPSA) is 35.5 Å². The van der Waals surface area contributed by atoms with Crippen LogP contribution in [0.1, 0.15) is 19.8 Å². The van der Waals surface area contributed by atoms with Crippen LogP contribution in [0.4, 0.5) is 0 Å². The summed E-state index contributed by atoms with van der Waals surface area (Å²) < 4.78 is 11.1. The normalized spacial score (nSPS) is 12.1. The second kappa shape index (κ2) is 7.89. The summed E-state index contributed by atoms with van der Waals surface area (Å²) >= 11 is 5.84. The first-order valence-corrected chi connectivity index (χ1v) is 7.64. The lowest BCUT2D eigenvalue weighted by Crippen LogP contribution is -2.26. The van der Waals surface area contributed by atoms with Gasteiger partial charge in [-0.05, 0) is 17.9 Å². The van der Waals surface area contributed by atoms with Crippen molar-refractivity contribution in [2.75, 3.05) is 12.5 Å². The molecule has 0 aliphatic carbocycles. The van der Waals surface area contributed by atoms with E-state index in [0.717, 1.165) is 22.9 Å². The van der Waals surface area contributed by atoms with Gasteiger partial charge in [-0.1, -0.05) is 43.3 Å². The molecule has 112 valence electrons. The first kappa shape index (κ1) is 15.6. The van der Waals surface area contributed by atoms with Crippen molar-refractivity contribution < 1.29 is 14.3 Å². The molecular weight excluding hydrogens is 288 g/mol. The van der Waals surface area contributed by atoms with E-state index < -0.39 is 6.10 Å². The van der Waals surface area contributed by atoms with Crippen molar-refractivity contribution in [2.24, 2.45) is 0 Å². The highest BCUT2D eigenvalue weighted by atomic mass is 35.5. The van der Waals surface area contributed by atoms with Gasteiger partial charge in [0.2, 0.25) is 0 Å². The van der Waals surface area contributed by atoms with Gasteiger partial charge in [-0.25, -0.2) is 0 Å². The van der Waals surface area contributed by atoms with E-state index in [0.29, 0.717) is 6.42 Å². The Morgan fingerprint density at radius 1 is 1.19 bits per heavy atom. The second-order valence-electron chi connectivity index (χ2n) is 4.80. The number of esters is 1. The predicted octanol–water partition coefficient (Wildman–Crippen LogP) is 4.17. The van der Waals surface area contributed by atoms with Gasteiger partial charge in [0.15, 0.2) is 0 Å². The Bertz CT molecular complexity index is 592. The van der Waals surface area contributed by atoms with E-state index in [2.05, 4.69) is 0 Å². The van der Waals surface area contributed by atoms with Crippen molar-refractivity contribution in [3.63, 3.8) is 0 Å². The van der Waals surface area contributed by atoms with Crippen molar-refractivity contribution in [1.29, 1.82) is 0 Å². The molecule has 0 radical (unpaired) electrons. The van der Waals surface area contributed by atoms with Crippen LogP contribution in [0.25, 0.3) is 10.8 Å². The molecule has 1 unspecified atom stereocenters. The Morgan fingerprint density at radius 3 is 2.71 bits per heavy atom. The molecule has 0 fully saturated rings. The van der Waals surface area contributed by atoms with Gasteiger partial charge in [-0.15, -0.1) is 11.6 Å². The molecule has 0 spiro atoms. The van der Waals surface area contributed by atoms with E-state index in [9.17, 15) is 4.79 Å². The van der Waals surface area contributed by atoms with Gasteiger partial charge < -0.3 is 9.47 Å². The molecule has 0 heterocycles. The van der Waals surface area contributed by atoms with E-state index >= 15 is 0 Å². The molecule has 4 heteroatoms. The van der Waals surface area contributed by atoms with Crippen LogP contribution in [0.2, 0.25) is 0 Å². The minimum atomic E-state index is -0.426. The van der Waals surface area contributed by atoms with Gasteiger partial charge in [0.1, 0.15) is 18.5 Å². The third-order valence-corrected chi connectivity index (χ3v) is 3.44. The number of alkyl halides is 1. The molecule has 3 nitrogen and oxygen atoms in total. The Morgan fingerprint density at radius 2 is 1.95 bits per heavy atom. The average Bonchev–Trinajstić information content (AvgIpc) is 2.51. The van der Waals surface area contributed by atoms with Crippen LogP contribution in [0.3, 0.4) is 0 Å². The summed E-state index contributed by atoms with van der Waals surface area (Å²) in [6.45, 7) is 2.19. The number of carbonyl (C=O) groups excluding carboxylic acids is 1. The lowest BCUT2D eigenvalue weighted by atomic mass is 10.1. The van der Waals surface area contributed by atoms with Crippen molar-refractivity contribution in [3.8, 4) is 5.75 Å². The Balaban J connectivity index is 2.01. The smallest absolute Gasteiger partial charge is 0.306 e. The first-order valence-electron chi connectivity index (χ1n) is 7.10. The summed E-state index contributed by atoms with van der Waals surface area (Å²) in [7, 11) is 0. The van der Waals surface area contributed by atoms with E-state index in [1.165, 1.54) is 0 Å². The summed E-state index contributed by atoms with van der Waals surface area (Å²) in [5, 5.41) is 2.15. The third-order valence-electron chi connectivity index (χ3n) is 3.10. The standard InChI is InChI=1S/C17H19ClO3/c1-2-6-17(19)21-14(11-18)12-20-16-10-5-8-13-7-3-4-9-15(13)16/h3-5,7-10,14H,2,6,11-12H2,1H3. The minimum Gasteiger partial charge on any atom is -0.489 e. The number of hydrogen-bond acceptors (Lipinski definition) is 3. The van der Waals surface area contributed by atoms with Crippen molar-refractivity contribution in [3.05, 3.63) is 42.5 Å². The number of fused-ring (bicyclic) bond motifs is 1. The predicted molar refractivity (Wildman–Crippen MR) is 85.0 cm³/mol. The second-order valence-corrected chi connectivity index (χ2v) is 5.11. The van der Waals surface area contributed by atoms with Gasteiger partial charge in [0, 0.05) is 11.8 Å². The Labute approximate surface area is 129 Å². The van der Waals surface area contributed by atoms with Gasteiger partial charge in [0.25, 0.3) is 0 Å². The summed E-state index contributed by atoms with van der Waals surface area (Å²) in [5.74, 6) is 0.764. The highest BCUT2D eigenvalue weighted by Gasteiger charge is 2.14. The molecule has 0 saturated heterocycles. The van der Waals surface area contributed by atoms with Crippen molar-refractivity contribution >= 4 is 28.3 Å². The molecular formula is C17H19ClO3. The van der Waals surface area contributed by atoms with Gasteiger partial charge in [-0.3, -0.25) is 4.79 Å². The van der Waals surface area contributed by atoms with Crippen molar-refractivity contribution in [2.45, 2.75) is 25.9 Å². The largest absolute Gasteiger partial charge is 0.489 e. The number of carbonyl (C=O) groups is 1. The van der Waals surface area contributed by atoms with Crippen molar-refractivity contribution in [1.82, 2.24) is 0 Å². The number of benzene rings is 2. The molecule has 0 aliphatic rings. The molecule has 2 aromatic rings. The Kier molecular flexibility index (Phi) is 5.88. The van der Waals surface area contributed by atoms with Crippen LogP contribution in [-0.4, -0.2) is 24.6 Å². The van der Waals surface area contributed by atoms with Crippen LogP contribution in [0.15, 0.2) is 42.5 Å². The minimum absolute atomic E-state index is 0.222. The summed E-state index contributed by atoms with van der Waals surface area (Å²) in [4.78, 5) is 11.5. The molecule has 0 bridgehead atoms. The fraction of sp³-hybridized carbons (Fsp3) is 0.353. The number of rotatable bonds is 7. The molecule has 1 atom stereocenters. The zero-order valence-corrected chi connectivity index (χ0v) is 12.8. The number of halogens is 1. The summed E-state index contributed by atoms with van der Waals surface area (Å²) in [5.41, 5.74) is 0. The lowest BCUT2D eigenvalue weighted by Gasteiger charge is -2.17. The van der Waals surface area contributed by atoms with Crippen LogP contribution >= 0.6 is 11.6 Å². The SMILES string of the molecule is CCCC(=O)OC(CCl)COc1cccc2ccccc12. The quantitative estimate of drug-likeness (QED) is 0.569. The fourth-order valence-electron chi connectivity index (χ4n) is 2.06. The maximum absolute atomic E-state index is 11.5. The van der Waals surface area contributed by atoms with E-state index in [-0.39, 0.29) is 18.5 Å². The monoisotopic (exact) mass is 306 g/mol. The molecule has 21 heavy (non-hydrogen) atoms. The van der Waals surface area contributed by atoms with E-state index in [1.807, 2.05) is 49.4 Å². The van der Waals surface area contributed by atoms with Crippen LogP contribution < -0.4 is 4.74 Å². The van der Waals surface area contributed by atoms with Crippen LogP contribution in [0.5, 0.6) is 5.75 Å². The molecule has 0 saturated carbocycles. The average molecular weight is 307 g/mol. The molecule has 0 aliphatic heterocycles. The highest BCUT2D eigenvalue weighted by Crippen LogP contribution is 2.25. The van der Waals surface area contributed by atoms with Gasteiger partial charge >= 0.3 is 5.97 Å². The lowest BCUT2D eigenvalue weighted by molar-refractivity contribution is -0.149.